The fourth-order valence-electron chi connectivity index (χ4n) is 1.93. The van der Waals surface area contributed by atoms with Gasteiger partial charge in [-0.1, -0.05) is 6.07 Å². The summed E-state index contributed by atoms with van der Waals surface area (Å²) in [4.78, 5) is 0. The molecule has 1 fully saturated rings. The van der Waals surface area contributed by atoms with E-state index < -0.39 is 0 Å². The van der Waals surface area contributed by atoms with Crippen LogP contribution >= 0.6 is 15.9 Å². The summed E-state index contributed by atoms with van der Waals surface area (Å²) in [5.41, 5.74) is 1.24. The van der Waals surface area contributed by atoms with Crippen molar-refractivity contribution in [3.8, 4) is 5.75 Å². The molecule has 1 aliphatic carbocycles. The lowest BCUT2D eigenvalue weighted by Gasteiger charge is -2.13. The first-order valence-electron chi connectivity index (χ1n) is 6.29. The fourth-order valence-corrected chi connectivity index (χ4v) is 2.54. The number of aryl methyl sites for hydroxylation is 1. The van der Waals surface area contributed by atoms with E-state index >= 15 is 0 Å². The van der Waals surface area contributed by atoms with E-state index in [1.807, 2.05) is 6.07 Å². The third-order valence-electron chi connectivity index (χ3n) is 3.24. The van der Waals surface area contributed by atoms with E-state index in [0.29, 0.717) is 6.04 Å². The molecule has 0 aromatic heterocycles. The lowest BCUT2D eigenvalue weighted by atomic mass is 10.2. The van der Waals surface area contributed by atoms with E-state index in [9.17, 15) is 0 Å². The van der Waals surface area contributed by atoms with Crippen molar-refractivity contribution < 1.29 is 4.74 Å². The zero-order chi connectivity index (χ0) is 12.3. The molecular weight excluding hydrogens is 278 g/mol. The highest BCUT2D eigenvalue weighted by molar-refractivity contribution is 9.10. The van der Waals surface area contributed by atoms with Crippen LogP contribution in [0.15, 0.2) is 22.7 Å². The zero-order valence-electron chi connectivity index (χ0n) is 10.5. The molecule has 0 heterocycles. The van der Waals surface area contributed by atoms with Crippen LogP contribution in [0.1, 0.15) is 25.3 Å². The minimum atomic E-state index is 0.639. The number of halogens is 1. The second-order valence-electron chi connectivity index (χ2n) is 4.86. The molecule has 2 rings (SSSR count). The van der Waals surface area contributed by atoms with Crippen molar-refractivity contribution in [1.82, 2.24) is 5.32 Å². The topological polar surface area (TPSA) is 21.3 Å². The maximum atomic E-state index is 5.73. The van der Waals surface area contributed by atoms with Gasteiger partial charge in [0, 0.05) is 12.6 Å². The Balaban J connectivity index is 1.70. The van der Waals surface area contributed by atoms with Crippen LogP contribution in [0.3, 0.4) is 0 Å². The van der Waals surface area contributed by atoms with E-state index in [2.05, 4.69) is 47.2 Å². The van der Waals surface area contributed by atoms with Gasteiger partial charge in [0.2, 0.25) is 0 Å². The molecule has 0 saturated heterocycles. The van der Waals surface area contributed by atoms with Gasteiger partial charge in [-0.25, -0.2) is 0 Å². The first kappa shape index (κ1) is 12.9. The molecular formula is C14H20BrNO. The molecule has 17 heavy (non-hydrogen) atoms. The van der Waals surface area contributed by atoms with Crippen molar-refractivity contribution >= 4 is 15.9 Å². The highest BCUT2D eigenvalue weighted by Crippen LogP contribution is 2.32. The summed E-state index contributed by atoms with van der Waals surface area (Å²) >= 11 is 3.52. The Hall–Kier alpha value is -0.540. The molecule has 0 aliphatic heterocycles. The van der Waals surface area contributed by atoms with Crippen LogP contribution in [0.25, 0.3) is 0 Å². The highest BCUT2D eigenvalue weighted by Gasteiger charge is 2.27. The third kappa shape index (κ3) is 4.00. The van der Waals surface area contributed by atoms with Crippen LogP contribution in [0.2, 0.25) is 0 Å². The van der Waals surface area contributed by atoms with Gasteiger partial charge in [0.15, 0.2) is 0 Å². The summed E-state index contributed by atoms with van der Waals surface area (Å²) in [6.45, 7) is 5.98. The molecule has 1 unspecified atom stereocenters. The first-order valence-corrected chi connectivity index (χ1v) is 7.08. The predicted molar refractivity (Wildman–Crippen MR) is 74.6 cm³/mol. The average Bonchev–Trinajstić information content (AvgIpc) is 3.10. The van der Waals surface area contributed by atoms with Crippen molar-refractivity contribution in [1.29, 1.82) is 0 Å². The van der Waals surface area contributed by atoms with Gasteiger partial charge in [-0.2, -0.15) is 0 Å². The summed E-state index contributed by atoms with van der Waals surface area (Å²) in [5.74, 6) is 1.83. The van der Waals surface area contributed by atoms with E-state index in [0.717, 1.165) is 29.3 Å². The molecule has 1 aliphatic rings. The molecule has 1 atom stereocenters. The lowest BCUT2D eigenvalue weighted by Crippen LogP contribution is -2.31. The molecule has 1 aromatic carbocycles. The smallest absolute Gasteiger partial charge is 0.133 e. The Kier molecular flexibility index (Phi) is 4.46. The quantitative estimate of drug-likeness (QED) is 0.811. The van der Waals surface area contributed by atoms with Crippen LogP contribution in [0.5, 0.6) is 5.75 Å². The van der Waals surface area contributed by atoms with Gasteiger partial charge in [-0.15, -0.1) is 0 Å². The monoisotopic (exact) mass is 297 g/mol. The van der Waals surface area contributed by atoms with Crippen LogP contribution in [0, 0.1) is 12.8 Å². The number of nitrogens with one attached hydrogen (secondary N) is 1. The van der Waals surface area contributed by atoms with E-state index in [4.69, 9.17) is 4.74 Å². The Labute approximate surface area is 112 Å². The molecule has 0 bridgehead atoms. The number of hydrogen-bond acceptors (Lipinski definition) is 2. The Morgan fingerprint density at radius 2 is 2.24 bits per heavy atom. The summed E-state index contributed by atoms with van der Waals surface area (Å²) in [7, 11) is 0. The summed E-state index contributed by atoms with van der Waals surface area (Å²) < 4.78 is 6.77. The lowest BCUT2D eigenvalue weighted by molar-refractivity contribution is 0.301. The first-order chi connectivity index (χ1) is 8.16. The van der Waals surface area contributed by atoms with Crippen LogP contribution in [0.4, 0.5) is 0 Å². The number of hydrogen-bond donors (Lipinski definition) is 1. The van der Waals surface area contributed by atoms with Crippen molar-refractivity contribution in [2.75, 3.05) is 13.2 Å². The van der Waals surface area contributed by atoms with Crippen molar-refractivity contribution in [2.45, 2.75) is 32.7 Å². The number of benzene rings is 1. The second kappa shape index (κ2) is 5.87. The van der Waals surface area contributed by atoms with Crippen molar-refractivity contribution in [3.05, 3.63) is 28.2 Å². The van der Waals surface area contributed by atoms with Crippen LogP contribution in [-0.4, -0.2) is 19.2 Å². The van der Waals surface area contributed by atoms with Gasteiger partial charge in [-0.05, 0) is 66.2 Å². The minimum absolute atomic E-state index is 0.639. The summed E-state index contributed by atoms with van der Waals surface area (Å²) in [6.07, 6.45) is 2.77. The largest absolute Gasteiger partial charge is 0.491 e. The number of rotatable bonds is 6. The third-order valence-corrected chi connectivity index (χ3v) is 3.86. The predicted octanol–water partition coefficient (Wildman–Crippen LogP) is 3.52. The summed E-state index contributed by atoms with van der Waals surface area (Å²) in [5, 5.41) is 3.51. The Bertz CT molecular complexity index is 376. The maximum absolute atomic E-state index is 5.73. The van der Waals surface area contributed by atoms with Gasteiger partial charge < -0.3 is 10.1 Å². The molecule has 1 saturated carbocycles. The molecule has 0 radical (unpaired) electrons. The van der Waals surface area contributed by atoms with Gasteiger partial charge in [-0.3, -0.25) is 0 Å². The Morgan fingerprint density at radius 3 is 2.88 bits per heavy atom. The molecule has 1 aromatic rings. The SMILES string of the molecule is Cc1ccc(OCCNC(C)C2CC2)c(Br)c1. The van der Waals surface area contributed by atoms with Crippen LogP contribution in [-0.2, 0) is 0 Å². The van der Waals surface area contributed by atoms with Crippen LogP contribution < -0.4 is 10.1 Å². The molecule has 1 N–H and O–H groups in total. The normalized spacial score (nSPS) is 16.9. The van der Waals surface area contributed by atoms with Gasteiger partial charge in [0.05, 0.1) is 4.47 Å². The maximum Gasteiger partial charge on any atom is 0.133 e. The molecule has 0 spiro atoms. The van der Waals surface area contributed by atoms with Crippen molar-refractivity contribution in [2.24, 2.45) is 5.92 Å². The molecule has 2 nitrogen and oxygen atoms in total. The van der Waals surface area contributed by atoms with E-state index in [1.165, 1.54) is 18.4 Å². The summed E-state index contributed by atoms with van der Waals surface area (Å²) in [6, 6.07) is 6.81. The van der Waals surface area contributed by atoms with E-state index in [-0.39, 0.29) is 0 Å². The Morgan fingerprint density at radius 1 is 1.47 bits per heavy atom. The molecule has 3 heteroatoms. The zero-order valence-corrected chi connectivity index (χ0v) is 12.1. The van der Waals surface area contributed by atoms with Crippen molar-refractivity contribution in [3.63, 3.8) is 0 Å². The second-order valence-corrected chi connectivity index (χ2v) is 5.72. The number of ether oxygens (including phenoxy) is 1. The molecule has 0 amide bonds. The average molecular weight is 298 g/mol. The standard InChI is InChI=1S/C14H20BrNO/c1-10-3-6-14(13(15)9-10)17-8-7-16-11(2)12-4-5-12/h3,6,9,11-12,16H,4-5,7-8H2,1-2H3. The van der Waals surface area contributed by atoms with Gasteiger partial charge in [0.25, 0.3) is 0 Å². The van der Waals surface area contributed by atoms with Gasteiger partial charge >= 0.3 is 0 Å². The minimum Gasteiger partial charge on any atom is -0.491 e. The van der Waals surface area contributed by atoms with Gasteiger partial charge in [0.1, 0.15) is 12.4 Å². The highest BCUT2D eigenvalue weighted by atomic mass is 79.9. The van der Waals surface area contributed by atoms with E-state index in [1.54, 1.807) is 0 Å². The fraction of sp³-hybridized carbons (Fsp3) is 0.571. The molecule has 94 valence electrons.